The Labute approximate surface area is 175 Å². The Morgan fingerprint density at radius 3 is 2.73 bits per heavy atom. The number of hydrogen-bond acceptors (Lipinski definition) is 5. The number of carbonyl (C=O) groups is 1. The van der Waals surface area contributed by atoms with Gasteiger partial charge in [-0.15, -0.1) is 5.10 Å². The normalized spacial score (nSPS) is 13.6. The van der Waals surface area contributed by atoms with Gasteiger partial charge in [0, 0.05) is 25.5 Å². The first-order valence-electron chi connectivity index (χ1n) is 9.92. The molecule has 0 radical (unpaired) electrons. The van der Waals surface area contributed by atoms with E-state index in [-0.39, 0.29) is 6.03 Å². The lowest BCUT2D eigenvalue weighted by Crippen LogP contribution is -2.39. The molecule has 7 nitrogen and oxygen atoms in total. The van der Waals surface area contributed by atoms with Crippen molar-refractivity contribution in [1.82, 2.24) is 20.1 Å². The van der Waals surface area contributed by atoms with Crippen LogP contribution in [0.5, 0.6) is 5.75 Å². The third kappa shape index (κ3) is 5.41. The Balaban J connectivity index is 1.31. The monoisotopic (exact) mass is 401 g/mol. The topological polar surface area (TPSA) is 80.2 Å². The summed E-state index contributed by atoms with van der Waals surface area (Å²) >= 11 is 0. The van der Waals surface area contributed by atoms with Gasteiger partial charge in [-0.3, -0.25) is 10.3 Å². The Kier molecular flexibility index (Phi) is 6.29. The lowest BCUT2D eigenvalue weighted by molar-refractivity contribution is 0.207. The molecule has 2 amide bonds. The minimum atomic E-state index is -0.139. The summed E-state index contributed by atoms with van der Waals surface area (Å²) in [7, 11) is 0. The van der Waals surface area contributed by atoms with Crippen LogP contribution in [0.2, 0.25) is 0 Å². The number of ether oxygens (including phenoxy) is 1. The lowest BCUT2D eigenvalue weighted by atomic mass is 10.0. The third-order valence-electron chi connectivity index (χ3n) is 4.84. The number of nitrogens with zero attached hydrogens (tertiary/aromatic N) is 4. The van der Waals surface area contributed by atoms with Gasteiger partial charge in [-0.2, -0.15) is 5.10 Å². The van der Waals surface area contributed by atoms with Crippen molar-refractivity contribution < 1.29 is 9.53 Å². The smallest absolute Gasteiger partial charge is 0.323 e. The summed E-state index contributed by atoms with van der Waals surface area (Å²) in [6.45, 7) is 1.79. The van der Waals surface area contributed by atoms with E-state index in [9.17, 15) is 4.79 Å². The van der Waals surface area contributed by atoms with E-state index in [0.717, 1.165) is 29.8 Å². The summed E-state index contributed by atoms with van der Waals surface area (Å²) in [5, 5.41) is 10.4. The molecule has 7 heteroatoms. The number of carbonyl (C=O) groups excluding carboxylic acids is 1. The molecular formula is C23H23N5O2. The first-order chi connectivity index (χ1) is 14.8. The molecule has 0 saturated carbocycles. The number of benzene rings is 1. The molecule has 152 valence electrons. The molecule has 1 saturated heterocycles. The van der Waals surface area contributed by atoms with Crippen LogP contribution in [0.25, 0.3) is 6.08 Å². The number of piperidine rings is 1. The van der Waals surface area contributed by atoms with E-state index >= 15 is 0 Å². The Hall–Kier alpha value is -3.74. The summed E-state index contributed by atoms with van der Waals surface area (Å²) in [5.74, 6) is 1.28. The maximum Gasteiger partial charge on any atom is 0.323 e. The number of likely N-dealkylation sites (tertiary alicyclic amines) is 1. The summed E-state index contributed by atoms with van der Waals surface area (Å²) < 4.78 is 5.86. The lowest BCUT2D eigenvalue weighted by Gasteiger charge is -2.28. The SMILES string of the molecule is O=C(Nc1cccnn1)N1CCC(=Cc2cccc(OCc3ccccn3)c2)CC1. The van der Waals surface area contributed by atoms with E-state index in [1.807, 2.05) is 36.4 Å². The zero-order valence-electron chi connectivity index (χ0n) is 16.6. The van der Waals surface area contributed by atoms with Gasteiger partial charge in [-0.05, 0) is 54.8 Å². The second-order valence-electron chi connectivity index (χ2n) is 7.01. The van der Waals surface area contributed by atoms with Gasteiger partial charge in [-0.25, -0.2) is 4.79 Å². The average molecular weight is 401 g/mol. The molecule has 0 bridgehead atoms. The first-order valence-corrected chi connectivity index (χ1v) is 9.92. The number of amides is 2. The van der Waals surface area contributed by atoms with Crippen molar-refractivity contribution in [2.75, 3.05) is 18.4 Å². The fraction of sp³-hybridized carbons (Fsp3) is 0.217. The van der Waals surface area contributed by atoms with Crippen molar-refractivity contribution >= 4 is 17.9 Å². The second kappa shape index (κ2) is 9.65. The maximum absolute atomic E-state index is 12.4. The van der Waals surface area contributed by atoms with Crippen LogP contribution in [0.4, 0.5) is 10.6 Å². The summed E-state index contributed by atoms with van der Waals surface area (Å²) in [4.78, 5) is 18.5. The average Bonchev–Trinajstić information content (AvgIpc) is 2.80. The number of nitrogens with one attached hydrogen (secondary N) is 1. The van der Waals surface area contributed by atoms with Gasteiger partial charge in [0.1, 0.15) is 12.4 Å². The molecule has 4 rings (SSSR count). The number of hydrogen-bond donors (Lipinski definition) is 1. The largest absolute Gasteiger partial charge is 0.487 e. The number of aromatic nitrogens is 3. The maximum atomic E-state index is 12.4. The minimum Gasteiger partial charge on any atom is -0.487 e. The van der Waals surface area contributed by atoms with Crippen LogP contribution < -0.4 is 10.1 Å². The fourth-order valence-corrected chi connectivity index (χ4v) is 3.27. The van der Waals surface area contributed by atoms with Gasteiger partial charge < -0.3 is 9.64 Å². The van der Waals surface area contributed by atoms with Crippen LogP contribution in [0, 0.1) is 0 Å². The zero-order chi connectivity index (χ0) is 20.6. The van der Waals surface area contributed by atoms with Crippen molar-refractivity contribution in [3.05, 3.63) is 83.8 Å². The molecule has 1 aliphatic rings. The molecule has 0 spiro atoms. The van der Waals surface area contributed by atoms with Crippen molar-refractivity contribution in [3.63, 3.8) is 0 Å². The highest BCUT2D eigenvalue weighted by molar-refractivity contribution is 5.88. The van der Waals surface area contributed by atoms with Gasteiger partial charge in [0.2, 0.25) is 0 Å². The standard InChI is InChI=1S/C23H23N5O2/c29-23(26-22-8-4-12-25-27-22)28-13-9-18(10-14-28)15-19-5-3-7-21(16-19)30-17-20-6-1-2-11-24-20/h1-8,11-12,15-16H,9-10,13-14,17H2,(H,26,27,29). The molecule has 30 heavy (non-hydrogen) atoms. The molecule has 1 N–H and O–H groups in total. The minimum absolute atomic E-state index is 0.139. The molecule has 2 aromatic heterocycles. The van der Waals surface area contributed by atoms with Gasteiger partial charge in [0.05, 0.1) is 5.69 Å². The molecule has 0 unspecified atom stereocenters. The number of rotatable bonds is 5. The second-order valence-corrected chi connectivity index (χ2v) is 7.01. The van der Waals surface area contributed by atoms with Gasteiger partial charge >= 0.3 is 6.03 Å². The fourth-order valence-electron chi connectivity index (χ4n) is 3.27. The van der Waals surface area contributed by atoms with Crippen LogP contribution in [0.1, 0.15) is 24.1 Å². The van der Waals surface area contributed by atoms with E-state index in [0.29, 0.717) is 25.5 Å². The highest BCUT2D eigenvalue weighted by Crippen LogP contribution is 2.22. The van der Waals surface area contributed by atoms with Crippen molar-refractivity contribution in [2.24, 2.45) is 0 Å². The predicted octanol–water partition coefficient (Wildman–Crippen LogP) is 4.16. The molecule has 0 atom stereocenters. The first kappa shape index (κ1) is 19.6. The van der Waals surface area contributed by atoms with Crippen LogP contribution in [-0.2, 0) is 6.61 Å². The highest BCUT2D eigenvalue weighted by atomic mass is 16.5. The van der Waals surface area contributed by atoms with Crippen molar-refractivity contribution in [3.8, 4) is 5.75 Å². The van der Waals surface area contributed by atoms with E-state index < -0.39 is 0 Å². The molecule has 1 aromatic carbocycles. The molecule has 0 aliphatic carbocycles. The van der Waals surface area contributed by atoms with Gasteiger partial charge in [0.25, 0.3) is 0 Å². The third-order valence-corrected chi connectivity index (χ3v) is 4.84. The van der Waals surface area contributed by atoms with Crippen LogP contribution in [-0.4, -0.2) is 39.2 Å². The molecular weight excluding hydrogens is 378 g/mol. The predicted molar refractivity (Wildman–Crippen MR) is 115 cm³/mol. The number of pyridine rings is 1. The van der Waals surface area contributed by atoms with E-state index in [1.165, 1.54) is 5.57 Å². The summed E-state index contributed by atoms with van der Waals surface area (Å²) in [6.07, 6.45) is 7.21. The van der Waals surface area contributed by atoms with Crippen molar-refractivity contribution in [2.45, 2.75) is 19.4 Å². The molecule has 3 aromatic rings. The molecule has 1 fully saturated rings. The van der Waals surface area contributed by atoms with E-state index in [1.54, 1.807) is 29.4 Å². The quantitative estimate of drug-likeness (QED) is 0.694. The van der Waals surface area contributed by atoms with Crippen LogP contribution >= 0.6 is 0 Å². The Morgan fingerprint density at radius 1 is 1.07 bits per heavy atom. The number of anilines is 1. The summed E-state index contributed by atoms with van der Waals surface area (Å²) in [6, 6.07) is 17.1. The number of urea groups is 1. The molecule has 3 heterocycles. The summed E-state index contributed by atoms with van der Waals surface area (Å²) in [5.41, 5.74) is 3.31. The van der Waals surface area contributed by atoms with E-state index in [4.69, 9.17) is 4.74 Å². The molecule has 1 aliphatic heterocycles. The van der Waals surface area contributed by atoms with Crippen LogP contribution in [0.15, 0.2) is 72.6 Å². The van der Waals surface area contributed by atoms with Gasteiger partial charge in [-0.1, -0.05) is 29.8 Å². The Bertz CT molecular complexity index is 998. The highest BCUT2D eigenvalue weighted by Gasteiger charge is 2.19. The van der Waals surface area contributed by atoms with E-state index in [2.05, 4.69) is 32.6 Å². The van der Waals surface area contributed by atoms with Gasteiger partial charge in [0.15, 0.2) is 5.82 Å². The van der Waals surface area contributed by atoms with Crippen LogP contribution in [0.3, 0.4) is 0 Å². The zero-order valence-corrected chi connectivity index (χ0v) is 16.6. The van der Waals surface area contributed by atoms with Crippen molar-refractivity contribution in [1.29, 1.82) is 0 Å². The Morgan fingerprint density at radius 2 is 1.97 bits per heavy atom.